The number of rotatable bonds is 8. The minimum atomic E-state index is -0.391. The van der Waals surface area contributed by atoms with Gasteiger partial charge in [0.2, 0.25) is 0 Å². The monoisotopic (exact) mass is 421 g/mol. The summed E-state index contributed by atoms with van der Waals surface area (Å²) < 4.78 is 5.75. The van der Waals surface area contributed by atoms with Crippen molar-refractivity contribution >= 4 is 35.1 Å². The normalized spacial score (nSPS) is 13.1. The lowest BCUT2D eigenvalue weighted by Gasteiger charge is -2.29. The molecule has 1 N–H and O–H groups in total. The van der Waals surface area contributed by atoms with Gasteiger partial charge < -0.3 is 10.1 Å². The fourth-order valence-corrected chi connectivity index (χ4v) is 3.23. The van der Waals surface area contributed by atoms with Crippen LogP contribution < -0.4 is 5.32 Å². The lowest BCUT2D eigenvalue weighted by Crippen LogP contribution is -2.39. The number of hydrogen-bond acceptors (Lipinski definition) is 3. The Balaban J connectivity index is 2.03. The molecule has 2 unspecified atom stereocenters. The molecule has 28 heavy (non-hydrogen) atoms. The summed E-state index contributed by atoms with van der Waals surface area (Å²) in [5.41, 5.74) is 0.994. The number of hydrogen-bond donors (Lipinski definition) is 1. The van der Waals surface area contributed by atoms with Gasteiger partial charge in [0.15, 0.2) is 0 Å². The van der Waals surface area contributed by atoms with Crippen molar-refractivity contribution in [1.82, 2.24) is 5.32 Å². The minimum absolute atomic E-state index is 0.0162. The van der Waals surface area contributed by atoms with Gasteiger partial charge >= 0.3 is 5.97 Å². The third kappa shape index (κ3) is 6.25. The molecule has 0 aliphatic rings. The highest BCUT2D eigenvalue weighted by Crippen LogP contribution is 2.22. The highest BCUT2D eigenvalue weighted by atomic mass is 35.5. The Bertz CT molecular complexity index is 788. The van der Waals surface area contributed by atoms with E-state index in [2.05, 4.69) is 19.2 Å². The molecule has 150 valence electrons. The zero-order valence-corrected chi connectivity index (χ0v) is 17.8. The Morgan fingerprint density at radius 2 is 1.43 bits per heavy atom. The van der Waals surface area contributed by atoms with Crippen LogP contribution in [-0.2, 0) is 4.74 Å². The van der Waals surface area contributed by atoms with Crippen molar-refractivity contribution in [3.05, 3.63) is 69.7 Å². The van der Waals surface area contributed by atoms with E-state index in [9.17, 15) is 9.59 Å². The predicted molar refractivity (Wildman–Crippen MR) is 113 cm³/mol. The second kappa shape index (κ2) is 10.5. The number of esters is 1. The summed E-state index contributed by atoms with van der Waals surface area (Å²) in [6.45, 7) is 6.48. The molecule has 0 aliphatic carbocycles. The fraction of sp³-hybridized carbons (Fsp3) is 0.364. The Labute approximate surface area is 176 Å². The molecule has 0 saturated heterocycles. The number of amides is 1. The maximum Gasteiger partial charge on any atom is 0.338 e. The van der Waals surface area contributed by atoms with Gasteiger partial charge in [-0.05, 0) is 60.9 Å². The van der Waals surface area contributed by atoms with Gasteiger partial charge in [-0.15, -0.1) is 0 Å². The molecule has 0 heterocycles. The van der Waals surface area contributed by atoms with E-state index in [1.165, 1.54) is 0 Å². The summed E-state index contributed by atoms with van der Waals surface area (Å²) in [6, 6.07) is 13.3. The molecule has 2 rings (SSSR count). The van der Waals surface area contributed by atoms with Crippen molar-refractivity contribution in [3.63, 3.8) is 0 Å². The third-order valence-corrected chi connectivity index (χ3v) is 5.18. The van der Waals surface area contributed by atoms with E-state index in [0.717, 1.165) is 0 Å². The van der Waals surface area contributed by atoms with Crippen LogP contribution in [0.5, 0.6) is 0 Å². The topological polar surface area (TPSA) is 55.4 Å². The number of benzene rings is 2. The summed E-state index contributed by atoms with van der Waals surface area (Å²) in [5, 5.41) is 4.09. The lowest BCUT2D eigenvalue weighted by molar-refractivity contribution is 0.00523. The second-order valence-electron chi connectivity index (χ2n) is 6.98. The van der Waals surface area contributed by atoms with Gasteiger partial charge in [-0.1, -0.05) is 44.0 Å². The Morgan fingerprint density at radius 1 is 0.929 bits per heavy atom. The van der Waals surface area contributed by atoms with Crippen LogP contribution in [0.3, 0.4) is 0 Å². The van der Waals surface area contributed by atoms with Gasteiger partial charge in [0.05, 0.1) is 5.56 Å². The van der Waals surface area contributed by atoms with Gasteiger partial charge in [0, 0.05) is 28.1 Å². The first kappa shape index (κ1) is 22.3. The SMILES string of the molecule is CCC(OC(=O)c1ccc(Cl)cc1)C(CNC(=O)c1ccc(Cl)cc1)C(C)C. The van der Waals surface area contributed by atoms with E-state index in [1.54, 1.807) is 48.5 Å². The predicted octanol–water partition coefficient (Wildman–Crippen LogP) is 5.63. The molecule has 2 aromatic rings. The van der Waals surface area contributed by atoms with Crippen molar-refractivity contribution in [1.29, 1.82) is 0 Å². The number of nitrogens with one attached hydrogen (secondary N) is 1. The molecule has 1 amide bonds. The largest absolute Gasteiger partial charge is 0.458 e. The molecule has 4 nitrogen and oxygen atoms in total. The van der Waals surface area contributed by atoms with Gasteiger partial charge in [0.1, 0.15) is 6.10 Å². The second-order valence-corrected chi connectivity index (χ2v) is 7.86. The molecule has 0 spiro atoms. The lowest BCUT2D eigenvalue weighted by atomic mass is 9.88. The molecule has 6 heteroatoms. The zero-order chi connectivity index (χ0) is 20.7. The Morgan fingerprint density at radius 3 is 1.89 bits per heavy atom. The van der Waals surface area contributed by atoms with Crippen LogP contribution in [0.2, 0.25) is 10.0 Å². The quantitative estimate of drug-likeness (QED) is 0.561. The third-order valence-electron chi connectivity index (χ3n) is 4.68. The van der Waals surface area contributed by atoms with Crippen LogP contribution >= 0.6 is 23.2 Å². The summed E-state index contributed by atoms with van der Waals surface area (Å²) in [4.78, 5) is 24.9. The zero-order valence-electron chi connectivity index (χ0n) is 16.2. The molecule has 0 fully saturated rings. The van der Waals surface area contributed by atoms with Crippen molar-refractivity contribution in [3.8, 4) is 0 Å². The molecule has 0 bridgehead atoms. The van der Waals surface area contributed by atoms with Crippen molar-refractivity contribution in [2.45, 2.75) is 33.3 Å². The molecule has 0 radical (unpaired) electrons. The average molecular weight is 422 g/mol. The van der Waals surface area contributed by atoms with Gasteiger partial charge in [-0.3, -0.25) is 4.79 Å². The first-order valence-corrected chi connectivity index (χ1v) is 10.1. The van der Waals surface area contributed by atoms with E-state index < -0.39 is 5.97 Å². The van der Waals surface area contributed by atoms with Crippen molar-refractivity contribution in [2.75, 3.05) is 6.54 Å². The van der Waals surface area contributed by atoms with Gasteiger partial charge in [-0.2, -0.15) is 0 Å². The van der Waals surface area contributed by atoms with Crippen LogP contribution in [0.25, 0.3) is 0 Å². The highest BCUT2D eigenvalue weighted by Gasteiger charge is 2.27. The summed E-state index contributed by atoms with van der Waals surface area (Å²) in [6.07, 6.45) is 0.340. The van der Waals surface area contributed by atoms with Crippen LogP contribution in [0, 0.1) is 11.8 Å². The molecule has 2 atom stereocenters. The van der Waals surface area contributed by atoms with Crippen LogP contribution in [-0.4, -0.2) is 24.5 Å². The summed E-state index contributed by atoms with van der Waals surface area (Å²) >= 11 is 11.7. The maximum atomic E-state index is 12.5. The number of carbonyl (C=O) groups excluding carboxylic acids is 2. The van der Waals surface area contributed by atoms with E-state index in [0.29, 0.717) is 34.1 Å². The standard InChI is InChI=1S/C22H25Cl2NO3/c1-4-20(28-22(27)16-7-11-18(24)12-8-16)19(14(2)3)13-25-21(26)15-5-9-17(23)10-6-15/h5-12,14,19-20H,4,13H2,1-3H3,(H,25,26). The Kier molecular flexibility index (Phi) is 8.34. The summed E-state index contributed by atoms with van der Waals surface area (Å²) in [7, 11) is 0. The first-order chi connectivity index (χ1) is 13.3. The van der Waals surface area contributed by atoms with E-state index in [1.807, 2.05) is 6.92 Å². The van der Waals surface area contributed by atoms with E-state index >= 15 is 0 Å². The Hall–Kier alpha value is -2.04. The maximum absolute atomic E-state index is 12.5. The number of ether oxygens (including phenoxy) is 1. The molecule has 2 aromatic carbocycles. The van der Waals surface area contributed by atoms with Crippen molar-refractivity contribution in [2.24, 2.45) is 11.8 Å². The molecule has 0 aromatic heterocycles. The van der Waals surface area contributed by atoms with Crippen LogP contribution in [0.15, 0.2) is 48.5 Å². The molecular formula is C22H25Cl2NO3. The summed E-state index contributed by atoms with van der Waals surface area (Å²) in [5.74, 6) is -0.370. The molecule has 0 saturated carbocycles. The fourth-order valence-electron chi connectivity index (χ4n) is 2.98. The number of carbonyl (C=O) groups is 2. The van der Waals surface area contributed by atoms with E-state index in [-0.39, 0.29) is 23.8 Å². The smallest absolute Gasteiger partial charge is 0.338 e. The van der Waals surface area contributed by atoms with Crippen molar-refractivity contribution < 1.29 is 14.3 Å². The van der Waals surface area contributed by atoms with Gasteiger partial charge in [0.25, 0.3) is 5.91 Å². The highest BCUT2D eigenvalue weighted by molar-refractivity contribution is 6.31. The molecular weight excluding hydrogens is 397 g/mol. The van der Waals surface area contributed by atoms with E-state index in [4.69, 9.17) is 27.9 Å². The average Bonchev–Trinajstić information content (AvgIpc) is 2.67. The van der Waals surface area contributed by atoms with Gasteiger partial charge in [-0.25, -0.2) is 4.79 Å². The minimum Gasteiger partial charge on any atom is -0.458 e. The first-order valence-electron chi connectivity index (χ1n) is 9.32. The van der Waals surface area contributed by atoms with Crippen LogP contribution in [0.4, 0.5) is 0 Å². The number of halogens is 2. The van der Waals surface area contributed by atoms with Crippen LogP contribution in [0.1, 0.15) is 47.9 Å². The molecule has 0 aliphatic heterocycles.